The molecular formula is C16H18F3N3O. The van der Waals surface area contributed by atoms with Crippen molar-refractivity contribution >= 4 is 16.9 Å². The summed E-state index contributed by atoms with van der Waals surface area (Å²) in [5, 5.41) is 0. The molecule has 124 valence electrons. The summed E-state index contributed by atoms with van der Waals surface area (Å²) in [7, 11) is 0. The van der Waals surface area contributed by atoms with Crippen molar-refractivity contribution in [2.24, 2.45) is 5.92 Å². The molecule has 1 aromatic carbocycles. The van der Waals surface area contributed by atoms with Gasteiger partial charge < -0.3 is 9.88 Å². The maximum atomic E-state index is 12.8. The second kappa shape index (κ2) is 6.22. The van der Waals surface area contributed by atoms with Gasteiger partial charge in [-0.15, -0.1) is 0 Å². The molecule has 1 aliphatic rings. The zero-order valence-electron chi connectivity index (χ0n) is 12.6. The number of nitrogens with one attached hydrogen (secondary N) is 1. The lowest BCUT2D eigenvalue weighted by Gasteiger charge is -2.33. The number of para-hydroxylation sites is 2. The van der Waals surface area contributed by atoms with E-state index in [1.807, 2.05) is 24.3 Å². The fraction of sp³-hybridized carbons (Fsp3) is 0.500. The minimum Gasteiger partial charge on any atom is -0.342 e. The van der Waals surface area contributed by atoms with Crippen LogP contribution in [0.3, 0.4) is 0 Å². The topological polar surface area (TPSA) is 49.0 Å². The molecule has 2 heterocycles. The number of piperidine rings is 1. The van der Waals surface area contributed by atoms with Crippen LogP contribution < -0.4 is 0 Å². The van der Waals surface area contributed by atoms with Gasteiger partial charge in [0, 0.05) is 25.9 Å². The van der Waals surface area contributed by atoms with Gasteiger partial charge in [-0.2, -0.15) is 13.2 Å². The number of hydrogen-bond donors (Lipinski definition) is 1. The first-order valence-corrected chi connectivity index (χ1v) is 7.71. The number of aromatic nitrogens is 2. The molecule has 1 aliphatic heterocycles. The number of hydrogen-bond acceptors (Lipinski definition) is 2. The molecule has 0 spiro atoms. The third-order valence-electron chi connectivity index (χ3n) is 4.25. The Balaban J connectivity index is 1.58. The Bertz CT molecular complexity index is 662. The SMILES string of the molecule is O=C(CCc1nc2ccccc2[nH]1)N1CCC[C@H](C(F)(F)F)C1. The van der Waals surface area contributed by atoms with Crippen LogP contribution in [0.1, 0.15) is 25.1 Å². The van der Waals surface area contributed by atoms with E-state index in [9.17, 15) is 18.0 Å². The lowest BCUT2D eigenvalue weighted by Crippen LogP contribution is -2.44. The Morgan fingerprint density at radius 3 is 2.87 bits per heavy atom. The number of amides is 1. The van der Waals surface area contributed by atoms with Crippen molar-refractivity contribution in [1.82, 2.24) is 14.9 Å². The predicted octanol–water partition coefficient (Wildman–Crippen LogP) is 3.30. The number of carbonyl (C=O) groups excluding carboxylic acids is 1. The summed E-state index contributed by atoms with van der Waals surface area (Å²) in [5.41, 5.74) is 1.72. The number of carbonyl (C=O) groups is 1. The molecule has 1 saturated heterocycles. The number of fused-ring (bicyclic) bond motifs is 1. The highest BCUT2D eigenvalue weighted by atomic mass is 19.4. The number of nitrogens with zero attached hydrogens (tertiary/aromatic N) is 2. The second-order valence-electron chi connectivity index (χ2n) is 5.92. The highest BCUT2D eigenvalue weighted by Gasteiger charge is 2.42. The van der Waals surface area contributed by atoms with Crippen molar-refractivity contribution in [3.05, 3.63) is 30.1 Å². The fourth-order valence-electron chi connectivity index (χ4n) is 2.98. The third kappa shape index (κ3) is 3.65. The maximum Gasteiger partial charge on any atom is 0.393 e. The smallest absolute Gasteiger partial charge is 0.342 e. The normalized spacial score (nSPS) is 19.3. The molecule has 3 rings (SSSR count). The second-order valence-corrected chi connectivity index (χ2v) is 5.92. The quantitative estimate of drug-likeness (QED) is 0.941. The van der Waals surface area contributed by atoms with Crippen molar-refractivity contribution < 1.29 is 18.0 Å². The monoisotopic (exact) mass is 325 g/mol. The summed E-state index contributed by atoms with van der Waals surface area (Å²) in [4.78, 5) is 21.0. The summed E-state index contributed by atoms with van der Waals surface area (Å²) in [6.07, 6.45) is -3.14. The molecule has 0 bridgehead atoms. The average molecular weight is 325 g/mol. The van der Waals surface area contributed by atoms with Crippen LogP contribution in [0, 0.1) is 5.92 Å². The average Bonchev–Trinajstić information content (AvgIpc) is 2.95. The van der Waals surface area contributed by atoms with E-state index >= 15 is 0 Å². The molecular weight excluding hydrogens is 307 g/mol. The lowest BCUT2D eigenvalue weighted by molar-refractivity contribution is -0.188. The van der Waals surface area contributed by atoms with Crippen LogP contribution in [-0.2, 0) is 11.2 Å². The fourth-order valence-corrected chi connectivity index (χ4v) is 2.98. The van der Waals surface area contributed by atoms with E-state index in [0.29, 0.717) is 25.2 Å². The van der Waals surface area contributed by atoms with Crippen molar-refractivity contribution in [3.8, 4) is 0 Å². The molecule has 0 unspecified atom stereocenters. The highest BCUT2D eigenvalue weighted by molar-refractivity contribution is 5.77. The van der Waals surface area contributed by atoms with Crippen LogP contribution >= 0.6 is 0 Å². The molecule has 0 aliphatic carbocycles. The molecule has 4 nitrogen and oxygen atoms in total. The summed E-state index contributed by atoms with van der Waals surface area (Å²) in [6, 6.07) is 7.53. The largest absolute Gasteiger partial charge is 0.393 e. The van der Waals surface area contributed by atoms with Crippen LogP contribution in [0.2, 0.25) is 0 Å². The lowest BCUT2D eigenvalue weighted by atomic mass is 9.97. The number of rotatable bonds is 3. The molecule has 0 radical (unpaired) electrons. The first kappa shape index (κ1) is 15.8. The number of halogens is 3. The van der Waals surface area contributed by atoms with Crippen molar-refractivity contribution in [2.45, 2.75) is 31.9 Å². The van der Waals surface area contributed by atoms with Gasteiger partial charge in [0.1, 0.15) is 5.82 Å². The summed E-state index contributed by atoms with van der Waals surface area (Å²) >= 11 is 0. The van der Waals surface area contributed by atoms with Gasteiger partial charge in [-0.25, -0.2) is 4.98 Å². The molecule has 1 aromatic heterocycles. The molecule has 0 saturated carbocycles. The number of aromatic amines is 1. The van der Waals surface area contributed by atoms with E-state index in [0.717, 1.165) is 11.0 Å². The van der Waals surface area contributed by atoms with Crippen LogP contribution in [0.5, 0.6) is 0 Å². The van der Waals surface area contributed by atoms with Gasteiger partial charge in [0.05, 0.1) is 17.0 Å². The number of alkyl halides is 3. The van der Waals surface area contributed by atoms with E-state index in [4.69, 9.17) is 0 Å². The predicted molar refractivity (Wildman–Crippen MR) is 79.8 cm³/mol. The highest BCUT2D eigenvalue weighted by Crippen LogP contribution is 2.33. The van der Waals surface area contributed by atoms with Gasteiger partial charge >= 0.3 is 6.18 Å². The van der Waals surface area contributed by atoms with Crippen molar-refractivity contribution in [2.75, 3.05) is 13.1 Å². The Morgan fingerprint density at radius 1 is 1.35 bits per heavy atom. The van der Waals surface area contributed by atoms with E-state index in [1.54, 1.807) is 0 Å². The number of H-pyrrole nitrogens is 1. The van der Waals surface area contributed by atoms with Crippen LogP contribution in [0.25, 0.3) is 11.0 Å². The van der Waals surface area contributed by atoms with Crippen molar-refractivity contribution in [3.63, 3.8) is 0 Å². The first-order valence-electron chi connectivity index (χ1n) is 7.71. The molecule has 7 heteroatoms. The Hall–Kier alpha value is -2.05. The molecule has 2 aromatic rings. The number of imidazole rings is 1. The Morgan fingerprint density at radius 2 is 2.13 bits per heavy atom. The summed E-state index contributed by atoms with van der Waals surface area (Å²) in [5.74, 6) is -0.949. The minimum absolute atomic E-state index is 0.108. The number of aryl methyl sites for hydroxylation is 1. The number of likely N-dealkylation sites (tertiary alicyclic amines) is 1. The first-order chi connectivity index (χ1) is 10.9. The van der Waals surface area contributed by atoms with Gasteiger partial charge in [-0.1, -0.05) is 12.1 Å². The third-order valence-corrected chi connectivity index (χ3v) is 4.25. The van der Waals surface area contributed by atoms with E-state index in [-0.39, 0.29) is 25.3 Å². The Kier molecular flexibility index (Phi) is 4.28. The van der Waals surface area contributed by atoms with Crippen LogP contribution in [0.15, 0.2) is 24.3 Å². The maximum absolute atomic E-state index is 12.8. The number of benzene rings is 1. The van der Waals surface area contributed by atoms with Gasteiger partial charge in [0.15, 0.2) is 0 Å². The molecule has 1 atom stereocenters. The zero-order chi connectivity index (χ0) is 16.4. The summed E-state index contributed by atoms with van der Waals surface area (Å²) in [6.45, 7) is 0.188. The standard InChI is InChI=1S/C16H18F3N3O/c17-16(18,19)11-4-3-9-22(10-11)15(23)8-7-14-20-12-5-1-2-6-13(12)21-14/h1-2,5-6,11H,3-4,7-10H2,(H,20,21)/t11-/m0/s1. The van der Waals surface area contributed by atoms with E-state index in [1.165, 1.54) is 4.90 Å². The van der Waals surface area contributed by atoms with Crippen LogP contribution in [-0.4, -0.2) is 40.0 Å². The van der Waals surface area contributed by atoms with Crippen molar-refractivity contribution in [1.29, 1.82) is 0 Å². The van der Waals surface area contributed by atoms with Crippen LogP contribution in [0.4, 0.5) is 13.2 Å². The minimum atomic E-state index is -4.22. The van der Waals surface area contributed by atoms with Gasteiger partial charge in [-0.3, -0.25) is 4.79 Å². The molecule has 23 heavy (non-hydrogen) atoms. The molecule has 1 N–H and O–H groups in total. The van der Waals surface area contributed by atoms with Gasteiger partial charge in [0.25, 0.3) is 0 Å². The van der Waals surface area contributed by atoms with E-state index in [2.05, 4.69) is 9.97 Å². The van der Waals surface area contributed by atoms with Gasteiger partial charge in [0.2, 0.25) is 5.91 Å². The zero-order valence-corrected chi connectivity index (χ0v) is 12.6. The van der Waals surface area contributed by atoms with Gasteiger partial charge in [-0.05, 0) is 25.0 Å². The van der Waals surface area contributed by atoms with E-state index < -0.39 is 12.1 Å². The Labute approximate surface area is 131 Å². The summed E-state index contributed by atoms with van der Waals surface area (Å²) < 4.78 is 38.4. The molecule has 1 fully saturated rings. The molecule has 1 amide bonds.